The van der Waals surface area contributed by atoms with Gasteiger partial charge in [-0.25, -0.2) is 0 Å². The van der Waals surface area contributed by atoms with Gasteiger partial charge in [0.05, 0.1) is 0 Å². The zero-order chi connectivity index (χ0) is 14.3. The van der Waals surface area contributed by atoms with Gasteiger partial charge in [-0.1, -0.05) is 30.3 Å². The lowest BCUT2D eigenvalue weighted by Crippen LogP contribution is -2.03. The first kappa shape index (κ1) is 13.7. The largest absolute Gasteiger partial charge is 0.398 e. The van der Waals surface area contributed by atoms with Crippen molar-refractivity contribution in [2.75, 3.05) is 5.73 Å². The summed E-state index contributed by atoms with van der Waals surface area (Å²) in [7, 11) is 0. The van der Waals surface area contributed by atoms with Crippen LogP contribution >= 0.6 is 31.9 Å². The highest BCUT2D eigenvalue weighted by molar-refractivity contribution is 9.11. The highest BCUT2D eigenvalue weighted by atomic mass is 79.9. The smallest absolute Gasteiger partial charge is 0.0497 e. The molecule has 3 aromatic rings. The van der Waals surface area contributed by atoms with Crippen molar-refractivity contribution < 1.29 is 0 Å². The molecule has 0 fully saturated rings. The first-order valence-electron chi connectivity index (χ1n) is 6.36. The first-order valence-corrected chi connectivity index (χ1v) is 7.94. The molecule has 0 aliphatic carbocycles. The van der Waals surface area contributed by atoms with Crippen LogP contribution in [0.1, 0.15) is 11.3 Å². The van der Waals surface area contributed by atoms with Gasteiger partial charge in [-0.3, -0.25) is 0 Å². The molecule has 1 heterocycles. The number of fused-ring (bicyclic) bond motifs is 1. The number of nitrogens with two attached hydrogens (primary N) is 1. The van der Waals surface area contributed by atoms with Gasteiger partial charge in [0.15, 0.2) is 0 Å². The monoisotopic (exact) mass is 392 g/mol. The number of nitrogen functional groups attached to an aromatic ring is 1. The zero-order valence-electron chi connectivity index (χ0n) is 11.0. The third-order valence-electron chi connectivity index (χ3n) is 3.59. The summed E-state index contributed by atoms with van der Waals surface area (Å²) >= 11 is 7.27. The number of rotatable bonds is 2. The second-order valence-electron chi connectivity index (χ2n) is 4.82. The van der Waals surface area contributed by atoms with Gasteiger partial charge in [0.25, 0.3) is 0 Å². The third-order valence-corrected chi connectivity index (χ3v) is 5.56. The number of nitrogens with zero attached hydrogens (tertiary/aromatic N) is 1. The van der Waals surface area contributed by atoms with Crippen LogP contribution in [0.4, 0.5) is 5.69 Å². The number of halogens is 2. The second kappa shape index (κ2) is 5.26. The Hall–Kier alpha value is -1.26. The predicted molar refractivity (Wildman–Crippen MR) is 92.0 cm³/mol. The number of hydrogen-bond acceptors (Lipinski definition) is 1. The lowest BCUT2D eigenvalue weighted by Gasteiger charge is -2.11. The molecule has 0 saturated heterocycles. The van der Waals surface area contributed by atoms with Crippen LogP contribution in [0.2, 0.25) is 0 Å². The highest BCUT2D eigenvalue weighted by Gasteiger charge is 2.13. The van der Waals surface area contributed by atoms with Crippen LogP contribution in [0.3, 0.4) is 0 Å². The SMILES string of the molecule is Cc1c(Br)c2ccccc2n1Cc1cccc(N)c1Br. The first-order chi connectivity index (χ1) is 9.59. The van der Waals surface area contributed by atoms with Gasteiger partial charge in [-0.05, 0) is 56.5 Å². The Morgan fingerprint density at radius 1 is 1.00 bits per heavy atom. The van der Waals surface area contributed by atoms with Crippen molar-refractivity contribution in [1.29, 1.82) is 0 Å². The average molecular weight is 394 g/mol. The normalized spacial score (nSPS) is 11.2. The fourth-order valence-electron chi connectivity index (χ4n) is 2.48. The number of anilines is 1. The Morgan fingerprint density at radius 3 is 2.55 bits per heavy atom. The maximum atomic E-state index is 5.96. The van der Waals surface area contributed by atoms with E-state index in [1.165, 1.54) is 22.2 Å². The van der Waals surface area contributed by atoms with Crippen LogP contribution < -0.4 is 5.73 Å². The quantitative estimate of drug-likeness (QED) is 0.603. The third kappa shape index (κ3) is 2.17. The molecule has 2 nitrogen and oxygen atoms in total. The van der Waals surface area contributed by atoms with Crippen LogP contribution in [0.5, 0.6) is 0 Å². The van der Waals surface area contributed by atoms with E-state index < -0.39 is 0 Å². The van der Waals surface area contributed by atoms with Crippen molar-refractivity contribution in [1.82, 2.24) is 4.57 Å². The maximum Gasteiger partial charge on any atom is 0.0497 e. The van der Waals surface area contributed by atoms with Crippen molar-refractivity contribution in [2.24, 2.45) is 0 Å². The standard InChI is InChI=1S/C16H14Br2N2/c1-10-15(17)12-6-2-3-8-14(12)20(10)9-11-5-4-7-13(19)16(11)18/h2-8H,9,19H2,1H3. The number of benzene rings is 2. The Balaban J connectivity index is 2.16. The van der Waals surface area contributed by atoms with E-state index >= 15 is 0 Å². The van der Waals surface area contributed by atoms with E-state index in [4.69, 9.17) is 5.73 Å². The molecule has 0 spiro atoms. The van der Waals surface area contributed by atoms with Gasteiger partial charge >= 0.3 is 0 Å². The summed E-state index contributed by atoms with van der Waals surface area (Å²) in [4.78, 5) is 0. The Bertz CT molecular complexity index is 791. The summed E-state index contributed by atoms with van der Waals surface area (Å²) in [6.45, 7) is 2.92. The van der Waals surface area contributed by atoms with E-state index in [9.17, 15) is 0 Å². The molecule has 102 valence electrons. The van der Waals surface area contributed by atoms with Crippen molar-refractivity contribution in [3.8, 4) is 0 Å². The molecule has 0 saturated carbocycles. The fraction of sp³-hybridized carbons (Fsp3) is 0.125. The fourth-order valence-corrected chi connectivity index (χ4v) is 3.42. The van der Waals surface area contributed by atoms with Crippen molar-refractivity contribution in [3.63, 3.8) is 0 Å². The van der Waals surface area contributed by atoms with Crippen LogP contribution in [0, 0.1) is 6.92 Å². The van der Waals surface area contributed by atoms with Gasteiger partial charge in [-0.15, -0.1) is 0 Å². The Kier molecular flexibility index (Phi) is 3.61. The van der Waals surface area contributed by atoms with E-state index in [0.717, 1.165) is 21.2 Å². The van der Waals surface area contributed by atoms with Gasteiger partial charge < -0.3 is 10.3 Å². The van der Waals surface area contributed by atoms with Gasteiger partial charge in [0.1, 0.15) is 0 Å². The molecule has 20 heavy (non-hydrogen) atoms. The topological polar surface area (TPSA) is 30.9 Å². The summed E-state index contributed by atoms with van der Waals surface area (Å²) in [6, 6.07) is 14.4. The predicted octanol–water partition coefficient (Wildman–Crippen LogP) is 5.11. The molecule has 0 radical (unpaired) electrons. The summed E-state index contributed by atoms with van der Waals surface area (Å²) in [5.41, 5.74) is 10.4. The molecule has 0 unspecified atom stereocenters. The summed E-state index contributed by atoms with van der Waals surface area (Å²) in [6.07, 6.45) is 0. The molecule has 1 aromatic heterocycles. The lowest BCUT2D eigenvalue weighted by atomic mass is 10.2. The molecule has 0 amide bonds. The number of aromatic nitrogens is 1. The zero-order valence-corrected chi connectivity index (χ0v) is 14.2. The van der Waals surface area contributed by atoms with E-state index in [1.807, 2.05) is 12.1 Å². The molecule has 2 aromatic carbocycles. The van der Waals surface area contributed by atoms with Crippen LogP contribution in [0.25, 0.3) is 10.9 Å². The van der Waals surface area contributed by atoms with Crippen molar-refractivity contribution >= 4 is 48.5 Å². The highest BCUT2D eigenvalue weighted by Crippen LogP contribution is 2.32. The van der Waals surface area contributed by atoms with E-state index in [1.54, 1.807) is 0 Å². The van der Waals surface area contributed by atoms with E-state index in [0.29, 0.717) is 0 Å². The number of para-hydroxylation sites is 1. The minimum atomic E-state index is 0.774. The summed E-state index contributed by atoms with van der Waals surface area (Å²) < 4.78 is 4.44. The van der Waals surface area contributed by atoms with Crippen LogP contribution in [-0.4, -0.2) is 4.57 Å². The average Bonchev–Trinajstić information content (AvgIpc) is 2.69. The summed E-state index contributed by atoms with van der Waals surface area (Å²) in [5, 5.41) is 1.24. The Morgan fingerprint density at radius 2 is 1.75 bits per heavy atom. The molecule has 2 N–H and O–H groups in total. The van der Waals surface area contributed by atoms with Gasteiger partial charge in [0.2, 0.25) is 0 Å². The van der Waals surface area contributed by atoms with E-state index in [2.05, 4.69) is 73.7 Å². The van der Waals surface area contributed by atoms with Gasteiger partial charge in [0, 0.05) is 37.8 Å². The molecule has 3 rings (SSSR count). The van der Waals surface area contributed by atoms with Crippen molar-refractivity contribution in [3.05, 3.63) is 62.7 Å². The molecule has 4 heteroatoms. The Labute approximate surface area is 134 Å². The van der Waals surface area contributed by atoms with Crippen LogP contribution in [0.15, 0.2) is 51.4 Å². The van der Waals surface area contributed by atoms with Crippen LogP contribution in [-0.2, 0) is 6.54 Å². The molecule has 0 aliphatic heterocycles. The molecule has 0 aliphatic rings. The minimum absolute atomic E-state index is 0.774. The molecule has 0 atom stereocenters. The second-order valence-corrected chi connectivity index (χ2v) is 6.41. The summed E-state index contributed by atoms with van der Waals surface area (Å²) in [5.74, 6) is 0. The maximum absolute atomic E-state index is 5.96. The van der Waals surface area contributed by atoms with E-state index in [-0.39, 0.29) is 0 Å². The van der Waals surface area contributed by atoms with Crippen molar-refractivity contribution in [2.45, 2.75) is 13.5 Å². The number of hydrogen-bond donors (Lipinski definition) is 1. The minimum Gasteiger partial charge on any atom is -0.398 e. The molecule has 0 bridgehead atoms. The molecular formula is C16H14Br2N2. The molecular weight excluding hydrogens is 380 g/mol. The van der Waals surface area contributed by atoms with Gasteiger partial charge in [-0.2, -0.15) is 0 Å². The lowest BCUT2D eigenvalue weighted by molar-refractivity contribution is 0.800.